The summed E-state index contributed by atoms with van der Waals surface area (Å²) in [6.07, 6.45) is 1.71. The summed E-state index contributed by atoms with van der Waals surface area (Å²) < 4.78 is 5.45. The van der Waals surface area contributed by atoms with Crippen molar-refractivity contribution >= 4 is 5.97 Å². The summed E-state index contributed by atoms with van der Waals surface area (Å²) in [5, 5.41) is 9.13. The Hall–Kier alpha value is -1.55. The molecule has 0 bridgehead atoms. The van der Waals surface area contributed by atoms with Gasteiger partial charge in [-0.2, -0.15) is 0 Å². The second-order valence-electron chi connectivity index (χ2n) is 4.55. The molecule has 0 saturated carbocycles. The summed E-state index contributed by atoms with van der Waals surface area (Å²) in [5.41, 5.74) is 1.11. The average molecular weight is 249 g/mol. The molecule has 1 heterocycles. The highest BCUT2D eigenvalue weighted by Gasteiger charge is 2.30. The van der Waals surface area contributed by atoms with Crippen LogP contribution in [-0.2, 0) is 11.3 Å². The van der Waals surface area contributed by atoms with E-state index >= 15 is 0 Å². The van der Waals surface area contributed by atoms with Crippen molar-refractivity contribution < 1.29 is 14.6 Å². The third-order valence-corrected chi connectivity index (χ3v) is 3.24. The molecule has 0 radical (unpaired) electrons. The number of rotatable bonds is 5. The zero-order valence-electron chi connectivity index (χ0n) is 10.6. The number of ether oxygens (including phenoxy) is 1. The lowest BCUT2D eigenvalue weighted by molar-refractivity contribution is -0.142. The van der Waals surface area contributed by atoms with E-state index in [0.29, 0.717) is 13.2 Å². The molecule has 0 amide bonds. The number of hydrogen-bond donors (Lipinski definition) is 1. The molecule has 98 valence electrons. The van der Waals surface area contributed by atoms with Gasteiger partial charge in [-0.25, -0.2) is 0 Å². The number of benzene rings is 1. The Morgan fingerprint density at radius 3 is 3.11 bits per heavy atom. The molecule has 18 heavy (non-hydrogen) atoms. The van der Waals surface area contributed by atoms with Crippen LogP contribution < -0.4 is 4.74 Å². The first-order valence-electron chi connectivity index (χ1n) is 6.39. The lowest BCUT2D eigenvalue weighted by atomic mass is 10.1. The first kappa shape index (κ1) is 12.9. The van der Waals surface area contributed by atoms with Gasteiger partial charge in [0.05, 0.1) is 6.61 Å². The number of aliphatic carboxylic acids is 1. The predicted molar refractivity (Wildman–Crippen MR) is 68.7 cm³/mol. The average Bonchev–Trinajstić information content (AvgIpc) is 2.78. The van der Waals surface area contributed by atoms with E-state index < -0.39 is 5.97 Å². The Kier molecular flexibility index (Phi) is 4.20. The quantitative estimate of drug-likeness (QED) is 0.868. The lowest BCUT2D eigenvalue weighted by Crippen LogP contribution is -2.35. The maximum atomic E-state index is 11.1. The van der Waals surface area contributed by atoms with E-state index in [1.807, 2.05) is 36.1 Å². The van der Waals surface area contributed by atoms with E-state index in [1.54, 1.807) is 0 Å². The van der Waals surface area contributed by atoms with Crippen molar-refractivity contribution in [3.8, 4) is 5.75 Å². The van der Waals surface area contributed by atoms with Gasteiger partial charge >= 0.3 is 5.97 Å². The van der Waals surface area contributed by atoms with Gasteiger partial charge < -0.3 is 9.84 Å². The number of likely N-dealkylation sites (tertiary alicyclic amines) is 1. The van der Waals surface area contributed by atoms with E-state index in [2.05, 4.69) is 0 Å². The SMILES string of the molecule is CCOc1cccc(CN2CCC[C@H]2C(=O)O)c1. The third kappa shape index (κ3) is 3.01. The molecule has 0 aromatic heterocycles. The van der Waals surface area contributed by atoms with Crippen molar-refractivity contribution in [1.82, 2.24) is 4.90 Å². The molecular weight excluding hydrogens is 230 g/mol. The zero-order valence-corrected chi connectivity index (χ0v) is 10.6. The van der Waals surface area contributed by atoms with Crippen LogP contribution >= 0.6 is 0 Å². The molecule has 2 rings (SSSR count). The molecule has 1 atom stereocenters. The normalized spacial score (nSPS) is 19.9. The lowest BCUT2D eigenvalue weighted by Gasteiger charge is -2.21. The monoisotopic (exact) mass is 249 g/mol. The molecule has 4 nitrogen and oxygen atoms in total. The van der Waals surface area contributed by atoms with Crippen molar-refractivity contribution in [2.45, 2.75) is 32.4 Å². The second-order valence-corrected chi connectivity index (χ2v) is 4.55. The molecule has 4 heteroatoms. The molecule has 1 fully saturated rings. The fourth-order valence-corrected chi connectivity index (χ4v) is 2.43. The molecular formula is C14H19NO3. The van der Waals surface area contributed by atoms with Crippen LogP contribution in [0.1, 0.15) is 25.3 Å². The maximum absolute atomic E-state index is 11.1. The predicted octanol–water partition coefficient (Wildman–Crippen LogP) is 2.13. The number of hydrogen-bond acceptors (Lipinski definition) is 3. The zero-order chi connectivity index (χ0) is 13.0. The van der Waals surface area contributed by atoms with E-state index in [0.717, 1.165) is 30.7 Å². The van der Waals surface area contributed by atoms with Gasteiger partial charge in [0.25, 0.3) is 0 Å². The molecule has 1 aromatic rings. The van der Waals surface area contributed by atoms with Crippen LogP contribution in [0.15, 0.2) is 24.3 Å². The molecule has 1 aromatic carbocycles. The van der Waals surface area contributed by atoms with Crippen molar-refractivity contribution in [2.75, 3.05) is 13.2 Å². The highest BCUT2D eigenvalue weighted by atomic mass is 16.5. The molecule has 0 aliphatic carbocycles. The minimum Gasteiger partial charge on any atom is -0.494 e. The summed E-state index contributed by atoms with van der Waals surface area (Å²) >= 11 is 0. The number of carbonyl (C=O) groups is 1. The minimum absolute atomic E-state index is 0.333. The summed E-state index contributed by atoms with van der Waals surface area (Å²) in [6, 6.07) is 7.54. The van der Waals surface area contributed by atoms with Crippen LogP contribution in [0.5, 0.6) is 5.75 Å². The Balaban J connectivity index is 2.04. The van der Waals surface area contributed by atoms with Gasteiger partial charge in [0, 0.05) is 6.54 Å². The van der Waals surface area contributed by atoms with Gasteiger partial charge in [-0.3, -0.25) is 9.69 Å². The summed E-state index contributed by atoms with van der Waals surface area (Å²) in [4.78, 5) is 13.1. The smallest absolute Gasteiger partial charge is 0.320 e. The standard InChI is InChI=1S/C14H19NO3/c1-2-18-12-6-3-5-11(9-12)10-15-8-4-7-13(15)14(16)17/h3,5-6,9,13H,2,4,7-8,10H2,1H3,(H,16,17)/t13-/m0/s1. The van der Waals surface area contributed by atoms with E-state index in [1.165, 1.54) is 0 Å². The molecule has 0 spiro atoms. The first-order chi connectivity index (χ1) is 8.70. The highest BCUT2D eigenvalue weighted by Crippen LogP contribution is 2.22. The van der Waals surface area contributed by atoms with Crippen LogP contribution in [0, 0.1) is 0 Å². The van der Waals surface area contributed by atoms with Gasteiger partial charge in [-0.15, -0.1) is 0 Å². The molecule has 0 unspecified atom stereocenters. The Morgan fingerprint density at radius 2 is 2.39 bits per heavy atom. The van der Waals surface area contributed by atoms with Crippen LogP contribution in [0.25, 0.3) is 0 Å². The van der Waals surface area contributed by atoms with Crippen molar-refractivity contribution in [3.63, 3.8) is 0 Å². The van der Waals surface area contributed by atoms with Crippen LogP contribution in [0.4, 0.5) is 0 Å². The Bertz CT molecular complexity index is 419. The fraction of sp³-hybridized carbons (Fsp3) is 0.500. The summed E-state index contributed by atoms with van der Waals surface area (Å²) in [5.74, 6) is 0.134. The third-order valence-electron chi connectivity index (χ3n) is 3.24. The van der Waals surface area contributed by atoms with E-state index in [4.69, 9.17) is 9.84 Å². The van der Waals surface area contributed by atoms with Crippen LogP contribution in [0.3, 0.4) is 0 Å². The second kappa shape index (κ2) is 5.87. The molecule has 1 N–H and O–H groups in total. The van der Waals surface area contributed by atoms with Gasteiger partial charge in [-0.05, 0) is 44.0 Å². The Labute approximate surface area is 107 Å². The summed E-state index contributed by atoms with van der Waals surface area (Å²) in [7, 11) is 0. The maximum Gasteiger partial charge on any atom is 0.320 e. The van der Waals surface area contributed by atoms with E-state index in [9.17, 15) is 4.79 Å². The van der Waals surface area contributed by atoms with Crippen LogP contribution in [-0.4, -0.2) is 35.2 Å². The number of nitrogens with zero attached hydrogens (tertiary/aromatic N) is 1. The van der Waals surface area contributed by atoms with E-state index in [-0.39, 0.29) is 6.04 Å². The van der Waals surface area contributed by atoms with Crippen molar-refractivity contribution in [2.24, 2.45) is 0 Å². The van der Waals surface area contributed by atoms with Crippen molar-refractivity contribution in [3.05, 3.63) is 29.8 Å². The topological polar surface area (TPSA) is 49.8 Å². The first-order valence-corrected chi connectivity index (χ1v) is 6.39. The molecule has 1 aliphatic rings. The van der Waals surface area contributed by atoms with Crippen molar-refractivity contribution in [1.29, 1.82) is 0 Å². The largest absolute Gasteiger partial charge is 0.494 e. The van der Waals surface area contributed by atoms with Gasteiger partial charge in [0.15, 0.2) is 0 Å². The molecule has 1 saturated heterocycles. The van der Waals surface area contributed by atoms with Gasteiger partial charge in [0.1, 0.15) is 11.8 Å². The Morgan fingerprint density at radius 1 is 1.56 bits per heavy atom. The number of carboxylic acid groups (broad SMARTS) is 1. The minimum atomic E-state index is -0.714. The fourth-order valence-electron chi connectivity index (χ4n) is 2.43. The summed E-state index contributed by atoms with van der Waals surface area (Å²) in [6.45, 7) is 4.13. The molecule has 1 aliphatic heterocycles. The number of carboxylic acids is 1. The van der Waals surface area contributed by atoms with Gasteiger partial charge in [-0.1, -0.05) is 12.1 Å². The van der Waals surface area contributed by atoms with Gasteiger partial charge in [0.2, 0.25) is 0 Å². The van der Waals surface area contributed by atoms with Crippen LogP contribution in [0.2, 0.25) is 0 Å². The highest BCUT2D eigenvalue weighted by molar-refractivity contribution is 5.73.